The average Bonchev–Trinajstić information content (AvgIpc) is 2.03. The van der Waals surface area contributed by atoms with Crippen molar-refractivity contribution in [2.75, 3.05) is 0 Å². The van der Waals surface area contributed by atoms with E-state index in [2.05, 4.69) is 0 Å². The minimum absolute atomic E-state index is 0. The first-order valence-electron chi connectivity index (χ1n) is 4.06. The SMILES string of the molecule is O=S([O-])C1CCCC(C(F)(F)F)C1.[Na+]. The molecule has 0 bridgehead atoms. The fourth-order valence-corrected chi connectivity index (χ4v) is 2.37. The monoisotopic (exact) mass is 238 g/mol. The number of hydrogen-bond acceptors (Lipinski definition) is 2. The second-order valence-electron chi connectivity index (χ2n) is 3.29. The summed E-state index contributed by atoms with van der Waals surface area (Å²) in [6.07, 6.45) is -3.72. The molecule has 1 saturated carbocycles. The third kappa shape index (κ3) is 4.18. The number of alkyl halides is 3. The molecule has 2 nitrogen and oxygen atoms in total. The van der Waals surface area contributed by atoms with Crippen molar-refractivity contribution in [3.63, 3.8) is 0 Å². The van der Waals surface area contributed by atoms with Crippen LogP contribution in [0.1, 0.15) is 25.7 Å². The Bertz CT molecular complexity index is 210. The largest absolute Gasteiger partial charge is 1.00 e. The summed E-state index contributed by atoms with van der Waals surface area (Å²) < 4.78 is 57.5. The summed E-state index contributed by atoms with van der Waals surface area (Å²) in [5.41, 5.74) is 0. The van der Waals surface area contributed by atoms with Gasteiger partial charge < -0.3 is 4.55 Å². The molecule has 7 heteroatoms. The Balaban J connectivity index is 0.00000169. The Labute approximate surface area is 105 Å². The normalized spacial score (nSPS) is 30.6. The molecule has 0 saturated heterocycles. The molecule has 1 aliphatic rings. The maximum Gasteiger partial charge on any atom is 1.00 e. The summed E-state index contributed by atoms with van der Waals surface area (Å²) in [7, 11) is 0. The second kappa shape index (κ2) is 5.84. The summed E-state index contributed by atoms with van der Waals surface area (Å²) in [6, 6.07) is 0. The van der Waals surface area contributed by atoms with E-state index >= 15 is 0 Å². The van der Waals surface area contributed by atoms with Gasteiger partial charge in [-0.3, -0.25) is 4.21 Å². The van der Waals surface area contributed by atoms with Gasteiger partial charge in [-0.15, -0.1) is 0 Å². The van der Waals surface area contributed by atoms with Crippen molar-refractivity contribution in [2.45, 2.75) is 37.1 Å². The van der Waals surface area contributed by atoms with Crippen LogP contribution in [0.15, 0.2) is 0 Å². The van der Waals surface area contributed by atoms with Crippen LogP contribution in [0.2, 0.25) is 0 Å². The standard InChI is InChI=1S/C7H11F3O2S.Na/c8-7(9,10)5-2-1-3-6(4-5)13(11)12;/h5-6H,1-4H2,(H,11,12);/q;+1/p-1. The van der Waals surface area contributed by atoms with E-state index in [1.807, 2.05) is 0 Å². The molecule has 0 aromatic heterocycles. The third-order valence-electron chi connectivity index (χ3n) is 2.36. The van der Waals surface area contributed by atoms with E-state index in [9.17, 15) is 21.9 Å². The van der Waals surface area contributed by atoms with Crippen LogP contribution in [0.4, 0.5) is 13.2 Å². The van der Waals surface area contributed by atoms with Gasteiger partial charge in [0.15, 0.2) is 0 Å². The van der Waals surface area contributed by atoms with E-state index in [-0.39, 0.29) is 42.4 Å². The van der Waals surface area contributed by atoms with Gasteiger partial charge in [-0.2, -0.15) is 13.2 Å². The Morgan fingerprint density at radius 2 is 1.86 bits per heavy atom. The van der Waals surface area contributed by atoms with Crippen LogP contribution in [-0.2, 0) is 11.1 Å². The molecular weight excluding hydrogens is 228 g/mol. The molecular formula is C7H10F3NaO2S. The van der Waals surface area contributed by atoms with Crippen LogP contribution in [0, 0.1) is 5.92 Å². The Morgan fingerprint density at radius 3 is 2.29 bits per heavy atom. The summed E-state index contributed by atoms with van der Waals surface area (Å²) >= 11 is -2.36. The number of rotatable bonds is 1. The minimum atomic E-state index is -4.24. The van der Waals surface area contributed by atoms with Gasteiger partial charge in [-0.05, 0) is 19.3 Å². The van der Waals surface area contributed by atoms with Gasteiger partial charge in [-0.25, -0.2) is 0 Å². The summed E-state index contributed by atoms with van der Waals surface area (Å²) in [5, 5.41) is -0.805. The fourth-order valence-electron chi connectivity index (χ4n) is 1.62. The molecule has 0 aromatic carbocycles. The first kappa shape index (κ1) is 14.9. The molecule has 0 aromatic rings. The molecule has 0 aliphatic heterocycles. The van der Waals surface area contributed by atoms with Crippen molar-refractivity contribution in [3.05, 3.63) is 0 Å². The van der Waals surface area contributed by atoms with Crippen molar-refractivity contribution in [3.8, 4) is 0 Å². The number of hydrogen-bond donors (Lipinski definition) is 0. The summed E-state index contributed by atoms with van der Waals surface area (Å²) in [6.45, 7) is 0. The smallest absolute Gasteiger partial charge is 0.772 e. The van der Waals surface area contributed by atoms with Gasteiger partial charge in [0.1, 0.15) is 0 Å². The van der Waals surface area contributed by atoms with Crippen LogP contribution >= 0.6 is 0 Å². The second-order valence-corrected chi connectivity index (χ2v) is 4.48. The Kier molecular flexibility index (Phi) is 6.22. The fraction of sp³-hybridized carbons (Fsp3) is 1.00. The van der Waals surface area contributed by atoms with Crippen molar-refractivity contribution < 1.29 is 51.5 Å². The maximum absolute atomic E-state index is 12.2. The van der Waals surface area contributed by atoms with Crippen LogP contribution in [0.25, 0.3) is 0 Å². The van der Waals surface area contributed by atoms with E-state index in [4.69, 9.17) is 0 Å². The molecule has 78 valence electrons. The molecule has 0 radical (unpaired) electrons. The summed E-state index contributed by atoms with van der Waals surface area (Å²) in [5.74, 6) is -1.43. The van der Waals surface area contributed by atoms with Crippen LogP contribution in [-0.4, -0.2) is 20.2 Å². The topological polar surface area (TPSA) is 40.1 Å². The average molecular weight is 238 g/mol. The van der Waals surface area contributed by atoms with Gasteiger partial charge in [0.2, 0.25) is 0 Å². The van der Waals surface area contributed by atoms with Crippen molar-refractivity contribution in [1.29, 1.82) is 0 Å². The molecule has 0 amide bonds. The molecule has 3 atom stereocenters. The molecule has 0 N–H and O–H groups in total. The molecule has 3 unspecified atom stereocenters. The zero-order valence-corrected chi connectivity index (χ0v) is 10.7. The van der Waals surface area contributed by atoms with Gasteiger partial charge >= 0.3 is 35.7 Å². The van der Waals surface area contributed by atoms with E-state index in [1.54, 1.807) is 0 Å². The first-order valence-corrected chi connectivity index (χ1v) is 5.20. The van der Waals surface area contributed by atoms with Gasteiger partial charge in [-0.1, -0.05) is 17.5 Å². The molecule has 1 aliphatic carbocycles. The first-order chi connectivity index (χ1) is 5.91. The van der Waals surface area contributed by atoms with Crippen molar-refractivity contribution >= 4 is 11.1 Å². The van der Waals surface area contributed by atoms with Crippen LogP contribution < -0.4 is 29.6 Å². The third-order valence-corrected chi connectivity index (χ3v) is 3.33. The van der Waals surface area contributed by atoms with E-state index in [0.717, 1.165) is 0 Å². The Hall–Kier alpha value is 0.900. The minimum Gasteiger partial charge on any atom is -0.772 e. The van der Waals surface area contributed by atoms with Crippen molar-refractivity contribution in [2.24, 2.45) is 5.92 Å². The number of halogens is 3. The van der Waals surface area contributed by atoms with Gasteiger partial charge in [0.25, 0.3) is 0 Å². The molecule has 1 rings (SSSR count). The summed E-state index contributed by atoms with van der Waals surface area (Å²) in [4.78, 5) is 0. The molecule has 14 heavy (non-hydrogen) atoms. The Morgan fingerprint density at radius 1 is 1.29 bits per heavy atom. The predicted molar refractivity (Wildman–Crippen MR) is 40.7 cm³/mol. The van der Waals surface area contributed by atoms with Crippen LogP contribution in [0.3, 0.4) is 0 Å². The van der Waals surface area contributed by atoms with Gasteiger partial charge in [0, 0.05) is 5.25 Å². The van der Waals surface area contributed by atoms with E-state index in [0.29, 0.717) is 12.8 Å². The van der Waals surface area contributed by atoms with E-state index in [1.165, 1.54) is 0 Å². The van der Waals surface area contributed by atoms with E-state index < -0.39 is 28.4 Å². The van der Waals surface area contributed by atoms with Crippen LogP contribution in [0.5, 0.6) is 0 Å². The maximum atomic E-state index is 12.2. The van der Waals surface area contributed by atoms with Gasteiger partial charge in [0.05, 0.1) is 5.92 Å². The predicted octanol–water partition coefficient (Wildman–Crippen LogP) is -1.01. The molecule has 1 fully saturated rings. The van der Waals surface area contributed by atoms with Crippen molar-refractivity contribution in [1.82, 2.24) is 0 Å². The zero-order valence-electron chi connectivity index (χ0n) is 7.84. The molecule has 0 spiro atoms. The molecule has 0 heterocycles. The zero-order chi connectivity index (χ0) is 10.1. The quantitative estimate of drug-likeness (QED) is 0.434.